The second-order valence-corrected chi connectivity index (χ2v) is 9.47. The molecule has 2 heteroatoms. The van der Waals surface area contributed by atoms with Gasteiger partial charge in [-0.25, -0.2) is 0 Å². The van der Waals surface area contributed by atoms with Crippen molar-refractivity contribution >= 4 is 0 Å². The van der Waals surface area contributed by atoms with Crippen LogP contribution in [0.5, 0.6) is 0 Å². The highest BCUT2D eigenvalue weighted by Crippen LogP contribution is 2.16. The van der Waals surface area contributed by atoms with Gasteiger partial charge < -0.3 is 10.2 Å². The zero-order chi connectivity index (χ0) is 21.4. The van der Waals surface area contributed by atoms with Crippen molar-refractivity contribution in [2.75, 3.05) is 0 Å². The third kappa shape index (κ3) is 24.1. The summed E-state index contributed by atoms with van der Waals surface area (Å²) in [7, 11) is 0. The van der Waals surface area contributed by atoms with E-state index in [0.717, 1.165) is 51.4 Å². The smallest absolute Gasteiger partial charge is 0.0540 e. The van der Waals surface area contributed by atoms with Crippen LogP contribution in [0.1, 0.15) is 162 Å². The van der Waals surface area contributed by atoms with Crippen LogP contribution in [0.4, 0.5) is 0 Å². The van der Waals surface area contributed by atoms with E-state index in [1.54, 1.807) is 0 Å². The van der Waals surface area contributed by atoms with E-state index in [0.29, 0.717) is 0 Å². The highest BCUT2D eigenvalue weighted by atomic mass is 16.3. The van der Waals surface area contributed by atoms with E-state index in [2.05, 4.69) is 13.8 Å². The SMILES string of the molecule is CCCCCCCCCCCCCCCCC[C@H](O)CCCC[C@H](O)CCCC. The van der Waals surface area contributed by atoms with Gasteiger partial charge >= 0.3 is 0 Å². The lowest BCUT2D eigenvalue weighted by Gasteiger charge is -2.12. The summed E-state index contributed by atoms with van der Waals surface area (Å²) in [6.07, 6.45) is 28.8. The first-order chi connectivity index (χ1) is 14.2. The van der Waals surface area contributed by atoms with E-state index < -0.39 is 0 Å². The molecule has 0 aromatic carbocycles. The Morgan fingerprint density at radius 1 is 0.345 bits per heavy atom. The van der Waals surface area contributed by atoms with Gasteiger partial charge in [-0.2, -0.15) is 0 Å². The van der Waals surface area contributed by atoms with E-state index in [9.17, 15) is 10.2 Å². The summed E-state index contributed by atoms with van der Waals surface area (Å²) < 4.78 is 0. The molecule has 176 valence electrons. The Morgan fingerprint density at radius 2 is 0.586 bits per heavy atom. The van der Waals surface area contributed by atoms with Crippen LogP contribution in [0.2, 0.25) is 0 Å². The summed E-state index contributed by atoms with van der Waals surface area (Å²) in [5.74, 6) is 0. The normalized spacial score (nSPS) is 13.7. The van der Waals surface area contributed by atoms with Gasteiger partial charge in [0, 0.05) is 0 Å². The van der Waals surface area contributed by atoms with Crippen molar-refractivity contribution in [3.63, 3.8) is 0 Å². The summed E-state index contributed by atoms with van der Waals surface area (Å²) in [4.78, 5) is 0. The van der Waals surface area contributed by atoms with Crippen LogP contribution in [-0.4, -0.2) is 22.4 Å². The van der Waals surface area contributed by atoms with Crippen LogP contribution < -0.4 is 0 Å². The van der Waals surface area contributed by atoms with Crippen LogP contribution in [0.25, 0.3) is 0 Å². The van der Waals surface area contributed by atoms with Crippen LogP contribution in [0, 0.1) is 0 Å². The van der Waals surface area contributed by atoms with E-state index in [4.69, 9.17) is 0 Å². The van der Waals surface area contributed by atoms with Crippen LogP contribution >= 0.6 is 0 Å². The fraction of sp³-hybridized carbons (Fsp3) is 1.00. The Morgan fingerprint density at radius 3 is 0.931 bits per heavy atom. The minimum atomic E-state index is -0.123. The van der Waals surface area contributed by atoms with Crippen LogP contribution in [-0.2, 0) is 0 Å². The molecule has 0 heterocycles. The predicted molar refractivity (Wildman–Crippen MR) is 130 cm³/mol. The van der Waals surface area contributed by atoms with Gasteiger partial charge in [-0.05, 0) is 25.7 Å². The first kappa shape index (κ1) is 28.9. The maximum atomic E-state index is 10.1. The minimum Gasteiger partial charge on any atom is -0.393 e. The van der Waals surface area contributed by atoms with Crippen molar-refractivity contribution in [3.8, 4) is 0 Å². The molecule has 29 heavy (non-hydrogen) atoms. The Balaban J connectivity index is 3.18. The zero-order valence-corrected chi connectivity index (χ0v) is 20.3. The van der Waals surface area contributed by atoms with E-state index >= 15 is 0 Å². The highest BCUT2D eigenvalue weighted by Gasteiger charge is 2.06. The molecule has 2 N–H and O–H groups in total. The summed E-state index contributed by atoms with van der Waals surface area (Å²) in [6, 6.07) is 0. The van der Waals surface area contributed by atoms with Gasteiger partial charge in [0.25, 0.3) is 0 Å². The fourth-order valence-corrected chi connectivity index (χ4v) is 4.24. The lowest BCUT2D eigenvalue weighted by Crippen LogP contribution is -2.08. The summed E-state index contributed by atoms with van der Waals surface area (Å²) in [5, 5.41) is 19.9. The molecule has 0 amide bonds. The van der Waals surface area contributed by atoms with Gasteiger partial charge in [-0.15, -0.1) is 0 Å². The number of hydrogen-bond donors (Lipinski definition) is 2. The molecule has 0 unspecified atom stereocenters. The van der Waals surface area contributed by atoms with Gasteiger partial charge in [-0.3, -0.25) is 0 Å². The molecule has 2 nitrogen and oxygen atoms in total. The number of hydrogen-bond acceptors (Lipinski definition) is 2. The standard InChI is InChI=1S/C27H56O2/c1-3-5-7-8-9-10-11-12-13-14-15-16-17-18-19-23-27(29)25-21-20-24-26(28)22-6-4-2/h26-29H,3-25H2,1-2H3/t26-,27+/m1/s1. The van der Waals surface area contributed by atoms with Gasteiger partial charge in [0.05, 0.1) is 12.2 Å². The highest BCUT2D eigenvalue weighted by molar-refractivity contribution is 4.60. The van der Waals surface area contributed by atoms with Gasteiger partial charge in [0.15, 0.2) is 0 Å². The number of aliphatic hydroxyl groups excluding tert-OH is 2. The molecule has 0 aliphatic carbocycles. The number of rotatable bonds is 24. The van der Waals surface area contributed by atoms with E-state index in [-0.39, 0.29) is 12.2 Å². The quantitative estimate of drug-likeness (QED) is 0.156. The Bertz CT molecular complexity index is 292. The molecule has 0 spiro atoms. The van der Waals surface area contributed by atoms with Crippen molar-refractivity contribution in [1.29, 1.82) is 0 Å². The molecule has 2 atom stereocenters. The largest absolute Gasteiger partial charge is 0.393 e. The molecule has 0 saturated heterocycles. The van der Waals surface area contributed by atoms with Crippen LogP contribution in [0.15, 0.2) is 0 Å². The Labute approximate surface area is 184 Å². The second kappa shape index (κ2) is 24.2. The average molecular weight is 413 g/mol. The van der Waals surface area contributed by atoms with Crippen molar-refractivity contribution in [2.24, 2.45) is 0 Å². The molecule has 0 aromatic heterocycles. The van der Waals surface area contributed by atoms with Crippen molar-refractivity contribution in [1.82, 2.24) is 0 Å². The van der Waals surface area contributed by atoms with Crippen molar-refractivity contribution in [2.45, 2.75) is 174 Å². The van der Waals surface area contributed by atoms with Crippen LogP contribution in [0.3, 0.4) is 0 Å². The fourth-order valence-electron chi connectivity index (χ4n) is 4.24. The molecule has 0 rings (SSSR count). The van der Waals surface area contributed by atoms with Gasteiger partial charge in [0.1, 0.15) is 0 Å². The molecule has 0 aromatic rings. The van der Waals surface area contributed by atoms with Gasteiger partial charge in [-0.1, -0.05) is 136 Å². The maximum absolute atomic E-state index is 10.1. The summed E-state index contributed by atoms with van der Waals surface area (Å²) in [6.45, 7) is 4.45. The van der Waals surface area contributed by atoms with Gasteiger partial charge in [0.2, 0.25) is 0 Å². The molecular weight excluding hydrogens is 356 g/mol. The maximum Gasteiger partial charge on any atom is 0.0540 e. The molecular formula is C27H56O2. The molecule has 0 aliphatic rings. The lowest BCUT2D eigenvalue weighted by atomic mass is 10.0. The summed E-state index contributed by atoms with van der Waals surface area (Å²) >= 11 is 0. The zero-order valence-electron chi connectivity index (χ0n) is 20.3. The van der Waals surface area contributed by atoms with Crippen molar-refractivity contribution < 1.29 is 10.2 Å². The molecule has 0 bridgehead atoms. The molecule has 0 radical (unpaired) electrons. The van der Waals surface area contributed by atoms with Crippen molar-refractivity contribution in [3.05, 3.63) is 0 Å². The Hall–Kier alpha value is -0.0800. The molecule has 0 aliphatic heterocycles. The third-order valence-electron chi connectivity index (χ3n) is 6.36. The summed E-state index contributed by atoms with van der Waals surface area (Å²) in [5.41, 5.74) is 0. The second-order valence-electron chi connectivity index (χ2n) is 9.47. The monoisotopic (exact) mass is 412 g/mol. The van der Waals surface area contributed by atoms with E-state index in [1.807, 2.05) is 0 Å². The lowest BCUT2D eigenvalue weighted by molar-refractivity contribution is 0.132. The topological polar surface area (TPSA) is 40.5 Å². The average Bonchev–Trinajstić information content (AvgIpc) is 2.72. The Kier molecular flexibility index (Phi) is 24.1. The van der Waals surface area contributed by atoms with E-state index in [1.165, 1.54) is 96.3 Å². The minimum absolute atomic E-state index is 0.121. The number of aliphatic hydroxyl groups is 2. The third-order valence-corrected chi connectivity index (χ3v) is 6.36. The molecule has 0 saturated carbocycles. The first-order valence-electron chi connectivity index (χ1n) is 13.6. The molecule has 0 fully saturated rings. The first-order valence-corrected chi connectivity index (χ1v) is 13.6. The predicted octanol–water partition coefficient (Wildman–Crippen LogP) is 8.72. The number of unbranched alkanes of at least 4 members (excludes halogenated alkanes) is 16.